The third-order valence-corrected chi connectivity index (χ3v) is 1.61. The average molecular weight is 178 g/mol. The van der Waals surface area contributed by atoms with Gasteiger partial charge in [-0.15, -0.1) is 19.0 Å². The predicted octanol–water partition coefficient (Wildman–Crippen LogP) is 2.72. The highest BCUT2D eigenvalue weighted by Gasteiger charge is 1.93. The molecule has 0 bridgehead atoms. The van der Waals surface area contributed by atoms with E-state index in [0.29, 0.717) is 0 Å². The van der Waals surface area contributed by atoms with Gasteiger partial charge in [-0.1, -0.05) is 19.4 Å². The maximum absolute atomic E-state index is 3.69. The normalized spacial score (nSPS) is 9.36. The highest BCUT2D eigenvalue weighted by Crippen LogP contribution is 1.92. The molecule has 0 aliphatic rings. The summed E-state index contributed by atoms with van der Waals surface area (Å²) >= 11 is 0. The van der Waals surface area contributed by atoms with Crippen LogP contribution in [0.4, 0.5) is 0 Å². The van der Waals surface area contributed by atoms with Gasteiger partial charge >= 0.3 is 0 Å². The molecular weight excluding hydrogens is 158 g/mol. The summed E-state index contributed by atoms with van der Waals surface area (Å²) in [6.45, 7) is 8.29. The maximum atomic E-state index is 3.69. The van der Waals surface area contributed by atoms with E-state index in [1.807, 2.05) is 6.08 Å². The molecule has 0 aliphatic carbocycles. The Balaban J connectivity index is 0. The summed E-state index contributed by atoms with van der Waals surface area (Å²) in [6.07, 6.45) is 5.69. The minimum absolute atomic E-state index is 0. The minimum Gasteiger partial charge on any atom is -0.306 e. The van der Waals surface area contributed by atoms with Gasteiger partial charge in [-0.25, -0.2) is 0 Å². The van der Waals surface area contributed by atoms with Gasteiger partial charge in [0.25, 0.3) is 0 Å². The molecule has 0 unspecified atom stereocenters. The first-order valence-corrected chi connectivity index (χ1v) is 4.10. The molecule has 0 aromatic heterocycles. The van der Waals surface area contributed by atoms with Crippen molar-refractivity contribution >= 4 is 12.4 Å². The topological polar surface area (TPSA) is 3.24 Å². The molecule has 0 atom stereocenters. The van der Waals surface area contributed by atoms with Crippen molar-refractivity contribution in [3.8, 4) is 0 Å². The fraction of sp³-hybridized carbons (Fsp3) is 0.778. The van der Waals surface area contributed by atoms with Gasteiger partial charge in [-0.05, 0) is 26.4 Å². The summed E-state index contributed by atoms with van der Waals surface area (Å²) in [4.78, 5) is 2.35. The maximum Gasteiger partial charge on any atom is 0.00128 e. The minimum atomic E-state index is 0. The van der Waals surface area contributed by atoms with Crippen LogP contribution in [0.3, 0.4) is 0 Å². The third kappa shape index (κ3) is 9.99. The summed E-state index contributed by atoms with van der Waals surface area (Å²) < 4.78 is 0. The van der Waals surface area contributed by atoms with Crippen molar-refractivity contribution in [2.75, 3.05) is 20.1 Å². The molecule has 0 N–H and O–H groups in total. The van der Waals surface area contributed by atoms with Crippen LogP contribution in [0.1, 0.15) is 26.2 Å². The molecule has 0 radical (unpaired) electrons. The second-order valence-electron chi connectivity index (χ2n) is 2.73. The number of hydrogen-bond acceptors (Lipinski definition) is 1. The van der Waals surface area contributed by atoms with E-state index in [4.69, 9.17) is 0 Å². The van der Waals surface area contributed by atoms with Gasteiger partial charge in [0.15, 0.2) is 0 Å². The van der Waals surface area contributed by atoms with Crippen LogP contribution >= 0.6 is 12.4 Å². The largest absolute Gasteiger partial charge is 0.306 e. The van der Waals surface area contributed by atoms with Gasteiger partial charge in [0.05, 0.1) is 0 Å². The van der Waals surface area contributed by atoms with Crippen molar-refractivity contribution in [1.29, 1.82) is 0 Å². The lowest BCUT2D eigenvalue weighted by Crippen LogP contribution is -2.20. The van der Waals surface area contributed by atoms with E-state index in [1.165, 1.54) is 19.4 Å². The number of rotatable bonds is 6. The molecule has 0 rings (SSSR count). The predicted molar refractivity (Wildman–Crippen MR) is 54.5 cm³/mol. The van der Waals surface area contributed by atoms with Crippen LogP contribution < -0.4 is 0 Å². The fourth-order valence-electron chi connectivity index (χ4n) is 0.852. The molecular formula is C9H20ClN. The zero-order valence-electron chi connectivity index (χ0n) is 7.68. The van der Waals surface area contributed by atoms with E-state index in [1.54, 1.807) is 0 Å². The Morgan fingerprint density at radius 1 is 1.36 bits per heavy atom. The van der Waals surface area contributed by atoms with Crippen molar-refractivity contribution in [3.05, 3.63) is 12.7 Å². The van der Waals surface area contributed by atoms with Crippen LogP contribution in [0, 0.1) is 0 Å². The van der Waals surface area contributed by atoms with E-state index in [2.05, 4.69) is 25.5 Å². The van der Waals surface area contributed by atoms with Gasteiger partial charge in [0, 0.05) is 6.54 Å². The molecule has 68 valence electrons. The van der Waals surface area contributed by atoms with Crippen molar-refractivity contribution in [3.63, 3.8) is 0 Å². The molecule has 0 aromatic carbocycles. The van der Waals surface area contributed by atoms with Crippen molar-refractivity contribution in [2.45, 2.75) is 26.2 Å². The van der Waals surface area contributed by atoms with E-state index < -0.39 is 0 Å². The first kappa shape index (κ1) is 13.6. The number of hydrogen-bond donors (Lipinski definition) is 0. The van der Waals surface area contributed by atoms with Crippen LogP contribution in [0.2, 0.25) is 0 Å². The van der Waals surface area contributed by atoms with Crippen LogP contribution in [0.25, 0.3) is 0 Å². The smallest absolute Gasteiger partial charge is 0.00128 e. The Labute approximate surface area is 76.9 Å². The molecule has 11 heavy (non-hydrogen) atoms. The fourth-order valence-corrected chi connectivity index (χ4v) is 0.852. The summed E-state index contributed by atoms with van der Waals surface area (Å²) in [5.41, 5.74) is 0. The number of unbranched alkanes of at least 4 members (excludes halogenated alkanes) is 1. The van der Waals surface area contributed by atoms with Gasteiger partial charge in [0.2, 0.25) is 0 Å². The van der Waals surface area contributed by atoms with Gasteiger partial charge in [-0.3, -0.25) is 0 Å². The lowest BCUT2D eigenvalue weighted by Gasteiger charge is -2.13. The van der Waals surface area contributed by atoms with Crippen LogP contribution in [-0.2, 0) is 0 Å². The van der Waals surface area contributed by atoms with Crippen molar-refractivity contribution in [2.24, 2.45) is 0 Å². The Kier molecular flexibility index (Phi) is 12.3. The summed E-state index contributed by atoms with van der Waals surface area (Å²) in [5, 5.41) is 0. The van der Waals surface area contributed by atoms with E-state index in [-0.39, 0.29) is 12.4 Å². The molecule has 0 saturated heterocycles. The van der Waals surface area contributed by atoms with Gasteiger partial charge < -0.3 is 4.90 Å². The van der Waals surface area contributed by atoms with Gasteiger partial charge in [0.1, 0.15) is 0 Å². The van der Waals surface area contributed by atoms with E-state index in [0.717, 1.165) is 13.0 Å². The summed E-state index contributed by atoms with van der Waals surface area (Å²) in [6, 6.07) is 0. The first-order chi connectivity index (χ1) is 4.81. The van der Waals surface area contributed by atoms with Gasteiger partial charge in [-0.2, -0.15) is 0 Å². The Bertz CT molecular complexity index is 83.6. The second kappa shape index (κ2) is 9.99. The zero-order chi connectivity index (χ0) is 7.82. The quantitative estimate of drug-likeness (QED) is 0.564. The molecule has 0 aromatic rings. The molecule has 0 aliphatic heterocycles. The second-order valence-corrected chi connectivity index (χ2v) is 2.73. The molecule has 0 heterocycles. The monoisotopic (exact) mass is 177 g/mol. The molecule has 0 amide bonds. The first-order valence-electron chi connectivity index (χ1n) is 4.10. The van der Waals surface area contributed by atoms with Crippen LogP contribution in [-0.4, -0.2) is 25.0 Å². The number of halogens is 1. The standard InChI is InChI=1S/C9H19N.ClH/c1-4-6-8-10(3)9-7-5-2;/h4H,1,5-9H2,2-3H3;1H. The lowest BCUT2D eigenvalue weighted by molar-refractivity contribution is 0.334. The number of nitrogens with zero attached hydrogens (tertiary/aromatic N) is 1. The SMILES string of the molecule is C=CCCN(C)CCCC.Cl. The Morgan fingerprint density at radius 2 is 2.00 bits per heavy atom. The van der Waals surface area contributed by atoms with E-state index in [9.17, 15) is 0 Å². The average Bonchev–Trinajstić information content (AvgIpc) is 1.97. The summed E-state index contributed by atoms with van der Waals surface area (Å²) in [7, 11) is 2.17. The Hall–Kier alpha value is -0.0100. The summed E-state index contributed by atoms with van der Waals surface area (Å²) in [5.74, 6) is 0. The third-order valence-electron chi connectivity index (χ3n) is 1.61. The molecule has 0 saturated carbocycles. The Morgan fingerprint density at radius 3 is 2.45 bits per heavy atom. The highest BCUT2D eigenvalue weighted by molar-refractivity contribution is 5.85. The molecule has 0 fully saturated rings. The van der Waals surface area contributed by atoms with Crippen molar-refractivity contribution in [1.82, 2.24) is 4.90 Å². The van der Waals surface area contributed by atoms with Crippen LogP contribution in [0.15, 0.2) is 12.7 Å². The van der Waals surface area contributed by atoms with Crippen molar-refractivity contribution < 1.29 is 0 Å². The van der Waals surface area contributed by atoms with Crippen LogP contribution in [0.5, 0.6) is 0 Å². The molecule has 0 spiro atoms. The lowest BCUT2D eigenvalue weighted by atomic mass is 10.3. The zero-order valence-corrected chi connectivity index (χ0v) is 8.49. The molecule has 1 nitrogen and oxygen atoms in total. The van der Waals surface area contributed by atoms with E-state index >= 15 is 0 Å². The molecule has 2 heteroatoms. The highest BCUT2D eigenvalue weighted by atomic mass is 35.5.